The Morgan fingerprint density at radius 3 is 2.94 bits per heavy atom. The number of carbonyl (C=O) groups is 2. The molecule has 1 rings (SSSR count). The third-order valence-corrected chi connectivity index (χ3v) is 1.99. The molecule has 0 radical (unpaired) electrons. The first-order valence-corrected chi connectivity index (χ1v) is 5.06. The lowest BCUT2D eigenvalue weighted by molar-refractivity contribution is -0.134. The summed E-state index contributed by atoms with van der Waals surface area (Å²) in [5.41, 5.74) is 0.0867. The van der Waals surface area contributed by atoms with Gasteiger partial charge in [0.15, 0.2) is 6.29 Å². The molecule has 0 aromatic heterocycles. The number of carbonyl (C=O) groups excluding carboxylic acids is 2. The van der Waals surface area contributed by atoms with Crippen LogP contribution >= 0.6 is 0 Å². The molecule has 0 aliphatic heterocycles. The van der Waals surface area contributed by atoms with Gasteiger partial charge in [-0.2, -0.15) is 0 Å². The maximum Gasteiger partial charge on any atom is 0.312 e. The number of benzene rings is 1. The summed E-state index contributed by atoms with van der Waals surface area (Å²) in [6.45, 7) is 1.70. The molecule has 0 aliphatic rings. The van der Waals surface area contributed by atoms with Crippen LogP contribution in [-0.2, 0) is 4.79 Å². The van der Waals surface area contributed by atoms with Crippen molar-refractivity contribution in [2.24, 2.45) is 0 Å². The second kappa shape index (κ2) is 6.33. The molecule has 4 nitrogen and oxygen atoms in total. The quantitative estimate of drug-likeness (QED) is 0.373. The molecule has 0 fully saturated rings. The summed E-state index contributed by atoms with van der Waals surface area (Å²) in [7, 11) is 0. The summed E-state index contributed by atoms with van der Waals surface area (Å²) < 4.78 is 4.98. The van der Waals surface area contributed by atoms with E-state index in [1.165, 1.54) is 18.2 Å². The SMILES string of the molecule is CC#CCCC(=O)Oc1ccc(O)c(C=O)c1. The van der Waals surface area contributed by atoms with Gasteiger partial charge in [-0.05, 0) is 25.1 Å². The van der Waals surface area contributed by atoms with Gasteiger partial charge >= 0.3 is 5.97 Å². The molecular formula is C13H12O4. The number of hydrogen-bond donors (Lipinski definition) is 1. The third kappa shape index (κ3) is 3.99. The van der Waals surface area contributed by atoms with Crippen molar-refractivity contribution in [3.05, 3.63) is 23.8 Å². The lowest BCUT2D eigenvalue weighted by Gasteiger charge is -2.04. The second-order valence-corrected chi connectivity index (χ2v) is 3.24. The van der Waals surface area contributed by atoms with Crippen LogP contribution in [0.3, 0.4) is 0 Å². The molecule has 1 aromatic carbocycles. The summed E-state index contributed by atoms with van der Waals surface area (Å²) in [4.78, 5) is 21.9. The van der Waals surface area contributed by atoms with Gasteiger partial charge in [0.05, 0.1) is 12.0 Å². The van der Waals surface area contributed by atoms with Crippen molar-refractivity contribution in [3.63, 3.8) is 0 Å². The highest BCUT2D eigenvalue weighted by Gasteiger charge is 2.06. The molecule has 88 valence electrons. The number of hydrogen-bond acceptors (Lipinski definition) is 4. The number of ether oxygens (including phenoxy) is 1. The maximum absolute atomic E-state index is 11.3. The number of phenols is 1. The Labute approximate surface area is 99.2 Å². The van der Waals surface area contributed by atoms with Crippen molar-refractivity contribution in [1.29, 1.82) is 0 Å². The molecule has 0 unspecified atom stereocenters. The molecule has 0 spiro atoms. The predicted octanol–water partition coefficient (Wildman–Crippen LogP) is 1.91. The minimum Gasteiger partial charge on any atom is -0.507 e. The number of aldehydes is 1. The largest absolute Gasteiger partial charge is 0.507 e. The highest BCUT2D eigenvalue weighted by Crippen LogP contribution is 2.21. The Hall–Kier alpha value is -2.28. The van der Waals surface area contributed by atoms with E-state index in [1.54, 1.807) is 6.92 Å². The van der Waals surface area contributed by atoms with E-state index in [-0.39, 0.29) is 23.5 Å². The smallest absolute Gasteiger partial charge is 0.312 e. The average molecular weight is 232 g/mol. The Kier molecular flexibility index (Phi) is 4.77. The summed E-state index contributed by atoms with van der Waals surface area (Å²) >= 11 is 0. The third-order valence-electron chi connectivity index (χ3n) is 1.99. The van der Waals surface area contributed by atoms with E-state index >= 15 is 0 Å². The zero-order valence-electron chi connectivity index (χ0n) is 9.40. The van der Waals surface area contributed by atoms with Crippen LogP contribution < -0.4 is 4.74 Å². The lowest BCUT2D eigenvalue weighted by atomic mass is 10.2. The second-order valence-electron chi connectivity index (χ2n) is 3.24. The van der Waals surface area contributed by atoms with Gasteiger partial charge < -0.3 is 9.84 Å². The molecule has 0 saturated heterocycles. The van der Waals surface area contributed by atoms with Crippen LogP contribution in [0.15, 0.2) is 18.2 Å². The number of aromatic hydroxyl groups is 1. The van der Waals surface area contributed by atoms with Crippen LogP contribution in [0.2, 0.25) is 0 Å². The van der Waals surface area contributed by atoms with Gasteiger partial charge in [-0.25, -0.2) is 0 Å². The fourth-order valence-electron chi connectivity index (χ4n) is 1.16. The summed E-state index contributed by atoms with van der Waals surface area (Å²) in [5, 5.41) is 9.25. The fraction of sp³-hybridized carbons (Fsp3) is 0.231. The van der Waals surface area contributed by atoms with Crippen LogP contribution in [0, 0.1) is 11.8 Å². The van der Waals surface area contributed by atoms with Crippen LogP contribution in [-0.4, -0.2) is 17.4 Å². The average Bonchev–Trinajstić information content (AvgIpc) is 2.32. The highest BCUT2D eigenvalue weighted by molar-refractivity contribution is 5.80. The molecule has 0 atom stereocenters. The lowest BCUT2D eigenvalue weighted by Crippen LogP contribution is -2.07. The van der Waals surface area contributed by atoms with Crippen molar-refractivity contribution >= 4 is 12.3 Å². The van der Waals surface area contributed by atoms with E-state index < -0.39 is 5.97 Å². The zero-order chi connectivity index (χ0) is 12.7. The van der Waals surface area contributed by atoms with Gasteiger partial charge in [0.1, 0.15) is 11.5 Å². The van der Waals surface area contributed by atoms with Crippen molar-refractivity contribution in [1.82, 2.24) is 0 Å². The Morgan fingerprint density at radius 1 is 1.53 bits per heavy atom. The maximum atomic E-state index is 11.3. The summed E-state index contributed by atoms with van der Waals surface area (Å²) in [6, 6.07) is 4.04. The van der Waals surface area contributed by atoms with Gasteiger partial charge in [0.25, 0.3) is 0 Å². The highest BCUT2D eigenvalue weighted by atomic mass is 16.5. The van der Waals surface area contributed by atoms with E-state index in [9.17, 15) is 14.7 Å². The molecule has 17 heavy (non-hydrogen) atoms. The van der Waals surface area contributed by atoms with Crippen molar-refractivity contribution in [3.8, 4) is 23.3 Å². The molecular weight excluding hydrogens is 220 g/mol. The first-order valence-electron chi connectivity index (χ1n) is 5.06. The summed E-state index contributed by atoms with van der Waals surface area (Å²) in [5.74, 6) is 5.10. The molecule has 0 bridgehead atoms. The fourth-order valence-corrected chi connectivity index (χ4v) is 1.16. The van der Waals surface area contributed by atoms with E-state index in [1.807, 2.05) is 0 Å². The van der Waals surface area contributed by atoms with Crippen LogP contribution in [0.1, 0.15) is 30.1 Å². The molecule has 1 aromatic rings. The van der Waals surface area contributed by atoms with Crippen LogP contribution in [0.5, 0.6) is 11.5 Å². The first kappa shape index (κ1) is 12.8. The van der Waals surface area contributed by atoms with Crippen LogP contribution in [0.4, 0.5) is 0 Å². The first-order chi connectivity index (χ1) is 8.17. The summed E-state index contributed by atoms with van der Waals surface area (Å²) in [6.07, 6.45) is 1.13. The van der Waals surface area contributed by atoms with E-state index in [0.717, 1.165) is 0 Å². The molecule has 4 heteroatoms. The van der Waals surface area contributed by atoms with E-state index in [4.69, 9.17) is 4.74 Å². The monoisotopic (exact) mass is 232 g/mol. The predicted molar refractivity (Wildman–Crippen MR) is 61.8 cm³/mol. The Bertz CT molecular complexity index is 480. The van der Waals surface area contributed by atoms with E-state index in [2.05, 4.69) is 11.8 Å². The van der Waals surface area contributed by atoms with Gasteiger partial charge in [-0.15, -0.1) is 11.8 Å². The molecule has 0 saturated carbocycles. The van der Waals surface area contributed by atoms with Gasteiger partial charge in [0.2, 0.25) is 0 Å². The van der Waals surface area contributed by atoms with Crippen molar-refractivity contribution < 1.29 is 19.4 Å². The Morgan fingerprint density at radius 2 is 2.29 bits per heavy atom. The topological polar surface area (TPSA) is 63.6 Å². The molecule has 0 aliphatic carbocycles. The van der Waals surface area contributed by atoms with Crippen LogP contribution in [0.25, 0.3) is 0 Å². The standard InChI is InChI=1S/C13H12O4/c1-2-3-4-5-13(16)17-11-6-7-12(15)10(8-11)9-14/h6-9,15H,4-5H2,1H3. The molecule has 0 heterocycles. The zero-order valence-corrected chi connectivity index (χ0v) is 9.40. The minimum absolute atomic E-state index is 0.0867. The van der Waals surface area contributed by atoms with Gasteiger partial charge in [-0.3, -0.25) is 9.59 Å². The molecule has 1 N–H and O–H groups in total. The Balaban J connectivity index is 2.64. The minimum atomic E-state index is -0.421. The molecule has 0 amide bonds. The van der Waals surface area contributed by atoms with Crippen molar-refractivity contribution in [2.75, 3.05) is 0 Å². The van der Waals surface area contributed by atoms with Gasteiger partial charge in [0, 0.05) is 6.42 Å². The van der Waals surface area contributed by atoms with Crippen molar-refractivity contribution in [2.45, 2.75) is 19.8 Å². The van der Waals surface area contributed by atoms with Gasteiger partial charge in [-0.1, -0.05) is 0 Å². The van der Waals surface area contributed by atoms with E-state index in [0.29, 0.717) is 12.7 Å². The number of esters is 1. The number of rotatable bonds is 4. The number of phenolic OH excluding ortho intramolecular Hbond substituents is 1. The normalized spacial score (nSPS) is 9.00.